The van der Waals surface area contributed by atoms with Gasteiger partial charge in [-0.1, -0.05) is 12.2 Å². The first-order valence-corrected chi connectivity index (χ1v) is 9.35. The number of hydrogen-bond donors (Lipinski definition) is 1. The molecule has 22 heavy (non-hydrogen) atoms. The van der Waals surface area contributed by atoms with Crippen LogP contribution in [0.4, 0.5) is 0 Å². The van der Waals surface area contributed by atoms with Crippen molar-refractivity contribution in [2.24, 2.45) is 16.8 Å². The topological polar surface area (TPSA) is 44.7 Å². The lowest BCUT2D eigenvalue weighted by Gasteiger charge is -2.42. The van der Waals surface area contributed by atoms with Gasteiger partial charge in [-0.05, 0) is 43.6 Å². The van der Waals surface area contributed by atoms with Crippen LogP contribution in [0.5, 0.6) is 0 Å². The van der Waals surface area contributed by atoms with Crippen molar-refractivity contribution >= 4 is 23.9 Å². The van der Waals surface area contributed by atoms with E-state index in [0.29, 0.717) is 11.8 Å². The van der Waals surface area contributed by atoms with Crippen molar-refractivity contribution in [1.82, 2.24) is 10.2 Å². The van der Waals surface area contributed by atoms with E-state index < -0.39 is 0 Å². The minimum Gasteiger partial charge on any atom is -0.341 e. The van der Waals surface area contributed by atoms with Crippen LogP contribution in [-0.4, -0.2) is 53.7 Å². The van der Waals surface area contributed by atoms with Gasteiger partial charge in [-0.3, -0.25) is 9.79 Å². The van der Waals surface area contributed by atoms with Crippen LogP contribution in [0, 0.1) is 11.8 Å². The zero-order chi connectivity index (χ0) is 15.0. The summed E-state index contributed by atoms with van der Waals surface area (Å²) in [7, 11) is 0. The Balaban J connectivity index is 1.61. The van der Waals surface area contributed by atoms with Crippen molar-refractivity contribution in [2.45, 2.75) is 24.0 Å². The first kappa shape index (κ1) is 14.5. The van der Waals surface area contributed by atoms with Gasteiger partial charge in [0.25, 0.3) is 0 Å². The lowest BCUT2D eigenvalue weighted by molar-refractivity contribution is -0.134. The molecule has 4 rings (SSSR count). The van der Waals surface area contributed by atoms with Crippen molar-refractivity contribution < 1.29 is 4.79 Å². The third kappa shape index (κ3) is 2.26. The molecule has 3 unspecified atom stereocenters. The molecule has 0 bridgehead atoms. The number of nitrogens with one attached hydrogen (secondary N) is 1. The minimum absolute atomic E-state index is 0.0308. The molecule has 4 nitrogen and oxygen atoms in total. The van der Waals surface area contributed by atoms with Gasteiger partial charge >= 0.3 is 0 Å². The number of rotatable bonds is 1. The summed E-state index contributed by atoms with van der Waals surface area (Å²) >= 11 is 2.01. The van der Waals surface area contributed by atoms with Gasteiger partial charge < -0.3 is 10.2 Å². The molecule has 2 saturated heterocycles. The zero-order valence-corrected chi connectivity index (χ0v) is 13.6. The van der Waals surface area contributed by atoms with E-state index in [9.17, 15) is 4.79 Å². The highest BCUT2D eigenvalue weighted by molar-refractivity contribution is 8.01. The van der Waals surface area contributed by atoms with E-state index in [2.05, 4.69) is 28.4 Å². The third-order valence-electron chi connectivity index (χ3n) is 5.38. The fraction of sp³-hybridized carbons (Fsp3) is 0.647. The highest BCUT2D eigenvalue weighted by atomic mass is 32.2. The molecule has 118 valence electrons. The second-order valence-electron chi connectivity index (χ2n) is 6.55. The molecule has 0 aromatic rings. The number of amides is 1. The number of carbonyl (C=O) groups excluding carboxylic acids is 1. The predicted molar refractivity (Wildman–Crippen MR) is 91.2 cm³/mol. The largest absolute Gasteiger partial charge is 0.341 e. The van der Waals surface area contributed by atoms with Crippen LogP contribution in [0.1, 0.15) is 19.3 Å². The Kier molecular flexibility index (Phi) is 3.86. The first-order valence-electron chi connectivity index (χ1n) is 8.36. The second kappa shape index (κ2) is 5.85. The quantitative estimate of drug-likeness (QED) is 0.803. The maximum Gasteiger partial charge on any atom is 0.231 e. The summed E-state index contributed by atoms with van der Waals surface area (Å²) in [6.07, 6.45) is 11.6. The number of aliphatic imine (C=N–C) groups is 1. The minimum atomic E-state index is -0.0308. The molecule has 3 aliphatic heterocycles. The Morgan fingerprint density at radius 1 is 1.41 bits per heavy atom. The van der Waals surface area contributed by atoms with Crippen LogP contribution in [0.3, 0.4) is 0 Å². The van der Waals surface area contributed by atoms with E-state index in [0.717, 1.165) is 51.2 Å². The van der Waals surface area contributed by atoms with Gasteiger partial charge in [-0.2, -0.15) is 0 Å². The fourth-order valence-electron chi connectivity index (χ4n) is 4.23. The number of allylic oxidation sites excluding steroid dienone is 3. The SMILES string of the molecule is O=C(C1C=NC2=CC=CCC23SCCC13)N1CCCNCC1. The Morgan fingerprint density at radius 2 is 2.36 bits per heavy atom. The molecule has 0 aromatic heterocycles. The van der Waals surface area contributed by atoms with Crippen LogP contribution >= 0.6 is 11.8 Å². The molecule has 3 atom stereocenters. The van der Waals surface area contributed by atoms with Crippen LogP contribution in [0.25, 0.3) is 0 Å². The average Bonchev–Trinajstić information content (AvgIpc) is 2.79. The maximum atomic E-state index is 13.1. The van der Waals surface area contributed by atoms with E-state index >= 15 is 0 Å². The molecular formula is C17H23N3OS. The van der Waals surface area contributed by atoms with Crippen LogP contribution in [-0.2, 0) is 4.79 Å². The summed E-state index contributed by atoms with van der Waals surface area (Å²) in [5.74, 6) is 1.82. The molecule has 1 amide bonds. The van der Waals surface area contributed by atoms with E-state index in [1.807, 2.05) is 18.0 Å². The van der Waals surface area contributed by atoms with Crippen molar-refractivity contribution in [3.05, 3.63) is 23.9 Å². The molecule has 1 N–H and O–H groups in total. The molecule has 0 aromatic carbocycles. The number of hydrogen-bond acceptors (Lipinski definition) is 4. The molecule has 0 radical (unpaired) electrons. The fourth-order valence-corrected chi connectivity index (χ4v) is 5.93. The van der Waals surface area contributed by atoms with Crippen LogP contribution in [0.15, 0.2) is 28.9 Å². The van der Waals surface area contributed by atoms with Gasteiger partial charge in [0.1, 0.15) is 0 Å². The van der Waals surface area contributed by atoms with Crippen molar-refractivity contribution in [3.8, 4) is 0 Å². The Hall–Kier alpha value is -1.07. The number of thioether (sulfide) groups is 1. The summed E-state index contributed by atoms with van der Waals surface area (Å²) < 4.78 is 0.0634. The van der Waals surface area contributed by atoms with Crippen molar-refractivity contribution in [3.63, 3.8) is 0 Å². The average molecular weight is 317 g/mol. The number of carbonyl (C=O) groups is 1. The molecule has 1 spiro atoms. The van der Waals surface area contributed by atoms with Gasteiger partial charge in [-0.15, -0.1) is 11.8 Å². The Bertz CT molecular complexity index is 548. The van der Waals surface area contributed by atoms with Gasteiger partial charge in [-0.25, -0.2) is 0 Å². The van der Waals surface area contributed by atoms with Crippen LogP contribution in [0.2, 0.25) is 0 Å². The third-order valence-corrected chi connectivity index (χ3v) is 7.01. The smallest absolute Gasteiger partial charge is 0.231 e. The summed E-state index contributed by atoms with van der Waals surface area (Å²) in [5.41, 5.74) is 1.18. The van der Waals surface area contributed by atoms with Gasteiger partial charge in [0, 0.05) is 25.8 Å². The number of nitrogens with zero attached hydrogens (tertiary/aromatic N) is 2. The van der Waals surface area contributed by atoms with Gasteiger partial charge in [0.05, 0.1) is 16.4 Å². The highest BCUT2D eigenvalue weighted by Crippen LogP contribution is 2.56. The summed E-state index contributed by atoms with van der Waals surface area (Å²) in [6.45, 7) is 3.64. The molecule has 3 heterocycles. The normalized spacial score (nSPS) is 37.3. The Morgan fingerprint density at radius 3 is 3.32 bits per heavy atom. The second-order valence-corrected chi connectivity index (χ2v) is 7.98. The Labute approximate surface area is 136 Å². The summed E-state index contributed by atoms with van der Waals surface area (Å²) in [4.78, 5) is 19.8. The summed E-state index contributed by atoms with van der Waals surface area (Å²) in [5, 5.41) is 3.38. The van der Waals surface area contributed by atoms with E-state index in [1.54, 1.807) is 0 Å². The molecular weight excluding hydrogens is 294 g/mol. The van der Waals surface area contributed by atoms with Crippen molar-refractivity contribution in [2.75, 3.05) is 31.9 Å². The first-order chi connectivity index (χ1) is 10.8. The van der Waals surface area contributed by atoms with Gasteiger partial charge in [0.2, 0.25) is 5.91 Å². The molecule has 5 heteroatoms. The van der Waals surface area contributed by atoms with E-state index in [4.69, 9.17) is 4.99 Å². The van der Waals surface area contributed by atoms with Gasteiger partial charge in [0.15, 0.2) is 0 Å². The highest BCUT2D eigenvalue weighted by Gasteiger charge is 2.53. The predicted octanol–water partition coefficient (Wildman–Crippen LogP) is 1.84. The van der Waals surface area contributed by atoms with Crippen molar-refractivity contribution in [1.29, 1.82) is 0 Å². The maximum absolute atomic E-state index is 13.1. The molecule has 2 fully saturated rings. The summed E-state index contributed by atoms with van der Waals surface area (Å²) in [6, 6.07) is 0. The molecule has 4 aliphatic rings. The monoisotopic (exact) mass is 317 g/mol. The standard InChI is InChI=1S/C17H23N3OS/c21-16(20-9-3-7-18-8-10-20)13-12-19-15-4-1-2-6-17(15)14(13)5-11-22-17/h1-2,4,12-14,18H,3,5-11H2. The molecule has 1 aliphatic carbocycles. The van der Waals surface area contributed by atoms with Crippen LogP contribution < -0.4 is 5.32 Å². The zero-order valence-electron chi connectivity index (χ0n) is 12.8. The lowest BCUT2D eigenvalue weighted by atomic mass is 9.72. The molecule has 0 saturated carbocycles. The van der Waals surface area contributed by atoms with E-state index in [1.165, 1.54) is 5.70 Å². The lowest BCUT2D eigenvalue weighted by Crippen LogP contribution is -2.49. The van der Waals surface area contributed by atoms with E-state index in [-0.39, 0.29) is 10.7 Å².